The fourth-order valence-electron chi connectivity index (χ4n) is 4.35. The number of likely N-dealkylation sites (tertiary alicyclic amines) is 1. The number of rotatable bonds is 10. The van der Waals surface area contributed by atoms with E-state index in [1.807, 2.05) is 71.6 Å². The fourth-order valence-corrected chi connectivity index (χ4v) is 4.35. The van der Waals surface area contributed by atoms with E-state index in [1.165, 1.54) is 18.4 Å². The van der Waals surface area contributed by atoms with E-state index in [1.54, 1.807) is 0 Å². The summed E-state index contributed by atoms with van der Waals surface area (Å²) in [6, 6.07) is 25.1. The summed E-state index contributed by atoms with van der Waals surface area (Å²) in [6.45, 7) is 2.41. The molecule has 2 amide bonds. The molecule has 0 unspecified atom stereocenters. The van der Waals surface area contributed by atoms with Gasteiger partial charge in [0.05, 0.1) is 13.2 Å². The van der Waals surface area contributed by atoms with Gasteiger partial charge < -0.3 is 20.3 Å². The van der Waals surface area contributed by atoms with Crippen molar-refractivity contribution < 1.29 is 14.3 Å². The van der Waals surface area contributed by atoms with Crippen LogP contribution in [0.4, 0.5) is 11.4 Å². The maximum Gasteiger partial charge on any atom is 0.253 e. The first-order valence-electron chi connectivity index (χ1n) is 12.9. The van der Waals surface area contributed by atoms with Crippen LogP contribution in [-0.4, -0.2) is 43.0 Å². The zero-order valence-electron chi connectivity index (χ0n) is 20.7. The highest BCUT2D eigenvalue weighted by Crippen LogP contribution is 2.19. The van der Waals surface area contributed by atoms with Gasteiger partial charge in [-0.25, -0.2) is 0 Å². The largest absolute Gasteiger partial charge is 0.494 e. The van der Waals surface area contributed by atoms with Crippen LogP contribution in [0.5, 0.6) is 5.75 Å². The van der Waals surface area contributed by atoms with Crippen LogP contribution in [-0.2, 0) is 11.2 Å². The molecule has 0 radical (unpaired) electrons. The molecular weight excluding hydrogens is 450 g/mol. The second kappa shape index (κ2) is 13.3. The summed E-state index contributed by atoms with van der Waals surface area (Å²) < 4.78 is 5.86. The van der Waals surface area contributed by atoms with Gasteiger partial charge in [0, 0.05) is 36.1 Å². The van der Waals surface area contributed by atoms with E-state index in [0.717, 1.165) is 50.2 Å². The van der Waals surface area contributed by atoms with E-state index in [-0.39, 0.29) is 18.4 Å². The van der Waals surface area contributed by atoms with Crippen LogP contribution in [0.15, 0.2) is 78.9 Å². The van der Waals surface area contributed by atoms with Gasteiger partial charge in [-0.3, -0.25) is 9.59 Å². The van der Waals surface area contributed by atoms with Crippen LogP contribution >= 0.6 is 0 Å². The van der Waals surface area contributed by atoms with Crippen LogP contribution < -0.4 is 15.4 Å². The molecule has 0 aromatic heterocycles. The minimum absolute atomic E-state index is 0.0864. The molecule has 0 bridgehead atoms. The SMILES string of the molecule is O=C(CNc1ccc(C(=O)N2CCCCCC2)cc1)Nc1cccc(OCCCc2ccccc2)c1. The Morgan fingerprint density at radius 2 is 1.56 bits per heavy atom. The lowest BCUT2D eigenvalue weighted by Crippen LogP contribution is -2.31. The van der Waals surface area contributed by atoms with Gasteiger partial charge in [0.2, 0.25) is 5.91 Å². The van der Waals surface area contributed by atoms with Crippen molar-refractivity contribution in [2.45, 2.75) is 38.5 Å². The molecule has 2 N–H and O–H groups in total. The third-order valence-corrected chi connectivity index (χ3v) is 6.32. The van der Waals surface area contributed by atoms with Crippen molar-refractivity contribution >= 4 is 23.2 Å². The van der Waals surface area contributed by atoms with Crippen molar-refractivity contribution in [1.82, 2.24) is 4.90 Å². The summed E-state index contributed by atoms with van der Waals surface area (Å²) >= 11 is 0. The van der Waals surface area contributed by atoms with Gasteiger partial charge in [-0.2, -0.15) is 0 Å². The number of nitrogens with zero attached hydrogens (tertiary/aromatic N) is 1. The molecule has 0 spiro atoms. The van der Waals surface area contributed by atoms with Crippen LogP contribution in [0, 0.1) is 0 Å². The molecule has 36 heavy (non-hydrogen) atoms. The zero-order chi connectivity index (χ0) is 25.0. The third-order valence-electron chi connectivity index (χ3n) is 6.32. The van der Waals surface area contributed by atoms with Crippen molar-refractivity contribution in [1.29, 1.82) is 0 Å². The highest BCUT2D eigenvalue weighted by Gasteiger charge is 2.17. The average Bonchev–Trinajstić information content (AvgIpc) is 3.20. The van der Waals surface area contributed by atoms with E-state index < -0.39 is 0 Å². The summed E-state index contributed by atoms with van der Waals surface area (Å²) in [5.74, 6) is 0.669. The summed E-state index contributed by atoms with van der Waals surface area (Å²) in [4.78, 5) is 27.1. The van der Waals surface area contributed by atoms with Gasteiger partial charge in [-0.15, -0.1) is 0 Å². The molecule has 188 valence electrons. The summed E-state index contributed by atoms with van der Waals surface area (Å²) in [7, 11) is 0. The van der Waals surface area contributed by atoms with Gasteiger partial charge in [0.1, 0.15) is 5.75 Å². The molecule has 0 aliphatic carbocycles. The van der Waals surface area contributed by atoms with E-state index in [9.17, 15) is 9.59 Å². The van der Waals surface area contributed by atoms with Gasteiger partial charge in [-0.05, 0) is 67.6 Å². The standard InChI is InChI=1S/C30H35N3O3/c34-29(23-31-26-17-15-25(16-18-26)30(35)33-19-6-1-2-7-20-33)32-27-13-8-14-28(22-27)36-21-9-12-24-10-4-3-5-11-24/h3-5,8,10-11,13-18,22,31H,1-2,6-7,9,12,19-21,23H2,(H,32,34). The van der Waals surface area contributed by atoms with Gasteiger partial charge in [-0.1, -0.05) is 49.2 Å². The molecule has 0 atom stereocenters. The average molecular weight is 486 g/mol. The minimum atomic E-state index is -0.152. The van der Waals surface area contributed by atoms with Crippen LogP contribution in [0.1, 0.15) is 48.0 Å². The molecular formula is C30H35N3O3. The first-order valence-corrected chi connectivity index (χ1v) is 12.9. The Morgan fingerprint density at radius 3 is 2.31 bits per heavy atom. The number of hydrogen-bond donors (Lipinski definition) is 2. The molecule has 1 heterocycles. The predicted molar refractivity (Wildman–Crippen MR) is 145 cm³/mol. The first kappa shape index (κ1) is 25.3. The zero-order valence-corrected chi connectivity index (χ0v) is 20.7. The molecule has 1 fully saturated rings. The van der Waals surface area contributed by atoms with Crippen molar-refractivity contribution in [3.63, 3.8) is 0 Å². The molecule has 1 aliphatic heterocycles. The Labute approximate surface area is 213 Å². The molecule has 4 rings (SSSR count). The quantitative estimate of drug-likeness (QED) is 0.358. The number of carbonyl (C=O) groups excluding carboxylic acids is 2. The highest BCUT2D eigenvalue weighted by atomic mass is 16.5. The summed E-state index contributed by atoms with van der Waals surface area (Å²) in [6.07, 6.45) is 6.43. The van der Waals surface area contributed by atoms with Gasteiger partial charge in [0.15, 0.2) is 0 Å². The fraction of sp³-hybridized carbons (Fsp3) is 0.333. The Balaban J connectivity index is 1.19. The summed E-state index contributed by atoms with van der Waals surface area (Å²) in [5.41, 5.74) is 3.48. The molecule has 6 nitrogen and oxygen atoms in total. The Bertz CT molecular complexity index is 1110. The molecule has 6 heteroatoms. The van der Waals surface area contributed by atoms with Crippen LogP contribution in [0.2, 0.25) is 0 Å². The predicted octanol–water partition coefficient (Wildman–Crippen LogP) is 5.77. The highest BCUT2D eigenvalue weighted by molar-refractivity contribution is 5.95. The number of nitrogens with one attached hydrogen (secondary N) is 2. The number of ether oxygens (including phenoxy) is 1. The molecule has 0 saturated carbocycles. The Hall–Kier alpha value is -3.80. The lowest BCUT2D eigenvalue weighted by molar-refractivity contribution is -0.114. The maximum atomic E-state index is 12.7. The number of benzene rings is 3. The maximum absolute atomic E-state index is 12.7. The lowest BCUT2D eigenvalue weighted by Gasteiger charge is -2.20. The molecule has 3 aromatic rings. The topological polar surface area (TPSA) is 70.7 Å². The van der Waals surface area contributed by atoms with E-state index in [0.29, 0.717) is 17.9 Å². The van der Waals surface area contributed by atoms with Crippen molar-refractivity contribution in [3.05, 3.63) is 90.0 Å². The molecule has 1 aliphatic rings. The Morgan fingerprint density at radius 1 is 0.806 bits per heavy atom. The second-order valence-corrected chi connectivity index (χ2v) is 9.15. The lowest BCUT2D eigenvalue weighted by atomic mass is 10.1. The monoisotopic (exact) mass is 485 g/mol. The number of amides is 2. The van der Waals surface area contributed by atoms with Crippen LogP contribution in [0.25, 0.3) is 0 Å². The van der Waals surface area contributed by atoms with Crippen LogP contribution in [0.3, 0.4) is 0 Å². The van der Waals surface area contributed by atoms with E-state index in [4.69, 9.17) is 4.74 Å². The van der Waals surface area contributed by atoms with Crippen molar-refractivity contribution in [2.24, 2.45) is 0 Å². The van der Waals surface area contributed by atoms with Gasteiger partial charge in [0.25, 0.3) is 5.91 Å². The number of anilines is 2. The molecule has 3 aromatic carbocycles. The van der Waals surface area contributed by atoms with E-state index >= 15 is 0 Å². The minimum Gasteiger partial charge on any atom is -0.494 e. The third kappa shape index (κ3) is 7.87. The van der Waals surface area contributed by atoms with Gasteiger partial charge >= 0.3 is 0 Å². The number of carbonyl (C=O) groups is 2. The second-order valence-electron chi connectivity index (χ2n) is 9.15. The number of aryl methyl sites for hydroxylation is 1. The van der Waals surface area contributed by atoms with Crippen molar-refractivity contribution in [2.75, 3.05) is 36.9 Å². The molecule has 1 saturated heterocycles. The smallest absolute Gasteiger partial charge is 0.253 e. The normalized spacial score (nSPS) is 13.5. The number of hydrogen-bond acceptors (Lipinski definition) is 4. The first-order chi connectivity index (χ1) is 17.7. The summed E-state index contributed by atoms with van der Waals surface area (Å²) in [5, 5.41) is 6.03. The Kier molecular flexibility index (Phi) is 9.37. The van der Waals surface area contributed by atoms with E-state index in [2.05, 4.69) is 22.8 Å². The van der Waals surface area contributed by atoms with Crippen molar-refractivity contribution in [3.8, 4) is 5.75 Å².